The van der Waals surface area contributed by atoms with E-state index in [0.717, 1.165) is 11.3 Å². The number of benzene rings is 3. The average Bonchev–Trinajstić information content (AvgIpc) is 2.63. The summed E-state index contributed by atoms with van der Waals surface area (Å²) in [7, 11) is 0. The van der Waals surface area contributed by atoms with Crippen LogP contribution in [0.25, 0.3) is 0 Å². The van der Waals surface area contributed by atoms with E-state index in [1.807, 2.05) is 48.5 Å². The number of para-hydroxylation sites is 1. The number of fused-ring (bicyclic) bond motifs is 1. The van der Waals surface area contributed by atoms with Gasteiger partial charge in [0.05, 0.1) is 5.56 Å². The van der Waals surface area contributed by atoms with Crippen molar-refractivity contribution in [1.29, 1.82) is 0 Å². The number of carbonyl (C=O) groups excluding carboxylic acids is 1. The molecule has 3 aromatic carbocycles. The number of nitrogens with one attached hydrogen (secondary N) is 1. The number of rotatable bonds is 2. The molecule has 1 N–H and O–H groups in total. The van der Waals surface area contributed by atoms with Crippen LogP contribution >= 0.6 is 0 Å². The first-order valence-electron chi connectivity index (χ1n) is 7.74. The zero-order valence-electron chi connectivity index (χ0n) is 12.8. The van der Waals surface area contributed by atoms with Crippen molar-refractivity contribution in [3.63, 3.8) is 0 Å². The van der Waals surface area contributed by atoms with Gasteiger partial charge in [0.1, 0.15) is 12.0 Å². The second kappa shape index (κ2) is 5.81. The number of amides is 1. The maximum absolute atomic E-state index is 13.3. The molecule has 1 amide bonds. The Kier molecular flexibility index (Phi) is 3.50. The van der Waals surface area contributed by atoms with E-state index in [2.05, 4.69) is 5.32 Å². The molecule has 24 heavy (non-hydrogen) atoms. The summed E-state index contributed by atoms with van der Waals surface area (Å²) in [6, 6.07) is 23.1. The molecule has 1 unspecified atom stereocenters. The molecule has 0 radical (unpaired) electrons. The van der Waals surface area contributed by atoms with Crippen LogP contribution in [0.5, 0.6) is 0 Å². The molecule has 3 aromatic rings. The van der Waals surface area contributed by atoms with E-state index < -0.39 is 0 Å². The highest BCUT2D eigenvalue weighted by Crippen LogP contribution is 2.36. The molecule has 0 aliphatic carbocycles. The summed E-state index contributed by atoms with van der Waals surface area (Å²) in [5, 5.41) is 3.42. The molecule has 0 fully saturated rings. The summed E-state index contributed by atoms with van der Waals surface area (Å²) in [5.41, 5.74) is 3.02. The fourth-order valence-corrected chi connectivity index (χ4v) is 2.99. The molecule has 0 saturated heterocycles. The summed E-state index contributed by atoms with van der Waals surface area (Å²) >= 11 is 0. The molecule has 4 heteroatoms. The second-order valence-electron chi connectivity index (χ2n) is 5.65. The molecule has 1 aliphatic heterocycles. The Bertz CT molecular complexity index is 878. The van der Waals surface area contributed by atoms with Crippen molar-refractivity contribution in [2.75, 3.05) is 10.2 Å². The van der Waals surface area contributed by atoms with Crippen molar-refractivity contribution in [1.82, 2.24) is 0 Å². The van der Waals surface area contributed by atoms with Gasteiger partial charge in [0.2, 0.25) is 0 Å². The van der Waals surface area contributed by atoms with Crippen LogP contribution in [0.3, 0.4) is 0 Å². The van der Waals surface area contributed by atoms with Crippen LogP contribution in [-0.2, 0) is 0 Å². The smallest absolute Gasteiger partial charge is 0.262 e. The molecule has 1 atom stereocenters. The largest absolute Gasteiger partial charge is 0.360 e. The van der Waals surface area contributed by atoms with Crippen molar-refractivity contribution in [3.05, 3.63) is 95.8 Å². The van der Waals surface area contributed by atoms with Gasteiger partial charge in [0.25, 0.3) is 5.91 Å². The third-order valence-electron chi connectivity index (χ3n) is 4.15. The van der Waals surface area contributed by atoms with E-state index in [4.69, 9.17) is 0 Å². The number of carbonyl (C=O) groups is 1. The Hall–Kier alpha value is -3.14. The molecule has 118 valence electrons. The Morgan fingerprint density at radius 3 is 2.25 bits per heavy atom. The number of nitrogens with zero attached hydrogens (tertiary/aromatic N) is 1. The highest BCUT2D eigenvalue weighted by molar-refractivity contribution is 6.12. The van der Waals surface area contributed by atoms with E-state index in [-0.39, 0.29) is 17.9 Å². The average molecular weight is 318 g/mol. The molecule has 0 saturated carbocycles. The molecule has 1 aliphatic rings. The van der Waals surface area contributed by atoms with E-state index in [9.17, 15) is 9.18 Å². The molecule has 3 nitrogen and oxygen atoms in total. The van der Waals surface area contributed by atoms with Gasteiger partial charge in [-0.05, 0) is 42.0 Å². The van der Waals surface area contributed by atoms with E-state index in [1.54, 1.807) is 23.1 Å². The number of hydrogen-bond acceptors (Lipinski definition) is 2. The number of hydrogen-bond donors (Lipinski definition) is 1. The fraction of sp³-hybridized carbons (Fsp3) is 0.0500. The minimum absolute atomic E-state index is 0.107. The summed E-state index contributed by atoms with van der Waals surface area (Å²) in [4.78, 5) is 14.7. The van der Waals surface area contributed by atoms with Gasteiger partial charge in [-0.1, -0.05) is 42.5 Å². The topological polar surface area (TPSA) is 32.3 Å². The zero-order chi connectivity index (χ0) is 16.5. The highest BCUT2D eigenvalue weighted by Gasteiger charge is 2.33. The van der Waals surface area contributed by atoms with E-state index in [1.165, 1.54) is 12.1 Å². The maximum Gasteiger partial charge on any atom is 0.262 e. The first-order valence-corrected chi connectivity index (χ1v) is 7.74. The van der Waals surface area contributed by atoms with Crippen LogP contribution in [0.1, 0.15) is 22.1 Å². The second-order valence-corrected chi connectivity index (χ2v) is 5.65. The van der Waals surface area contributed by atoms with Crippen molar-refractivity contribution < 1.29 is 9.18 Å². The van der Waals surface area contributed by atoms with Crippen LogP contribution < -0.4 is 10.2 Å². The first-order chi connectivity index (χ1) is 11.7. The fourth-order valence-electron chi connectivity index (χ4n) is 2.99. The van der Waals surface area contributed by atoms with Crippen molar-refractivity contribution in [2.24, 2.45) is 0 Å². The molecule has 0 spiro atoms. The van der Waals surface area contributed by atoms with Gasteiger partial charge in [-0.2, -0.15) is 0 Å². The lowest BCUT2D eigenvalue weighted by atomic mass is 10.0. The monoisotopic (exact) mass is 318 g/mol. The van der Waals surface area contributed by atoms with Gasteiger partial charge in [0.15, 0.2) is 0 Å². The van der Waals surface area contributed by atoms with Gasteiger partial charge in [-0.15, -0.1) is 0 Å². The zero-order valence-corrected chi connectivity index (χ0v) is 12.8. The molecule has 0 bridgehead atoms. The molecular weight excluding hydrogens is 303 g/mol. The number of anilines is 2. The third kappa shape index (κ3) is 2.42. The van der Waals surface area contributed by atoms with Crippen molar-refractivity contribution in [3.8, 4) is 0 Å². The van der Waals surface area contributed by atoms with E-state index >= 15 is 0 Å². The van der Waals surface area contributed by atoms with Crippen molar-refractivity contribution in [2.45, 2.75) is 6.17 Å². The van der Waals surface area contributed by atoms with Crippen LogP contribution in [0, 0.1) is 5.82 Å². The normalized spacial score (nSPS) is 16.5. The lowest BCUT2D eigenvalue weighted by Gasteiger charge is -2.38. The minimum Gasteiger partial charge on any atom is -0.360 e. The van der Waals surface area contributed by atoms with Gasteiger partial charge < -0.3 is 5.32 Å². The molecule has 4 rings (SSSR count). The summed E-state index contributed by atoms with van der Waals surface area (Å²) in [6.45, 7) is 0. The summed E-state index contributed by atoms with van der Waals surface area (Å²) < 4.78 is 13.3. The maximum atomic E-state index is 13.3. The Morgan fingerprint density at radius 2 is 1.50 bits per heavy atom. The van der Waals surface area contributed by atoms with Gasteiger partial charge >= 0.3 is 0 Å². The minimum atomic E-state index is -0.348. The lowest BCUT2D eigenvalue weighted by molar-refractivity contribution is 0.0975. The molecular formula is C20H15FN2O. The van der Waals surface area contributed by atoms with Crippen LogP contribution in [0.4, 0.5) is 15.8 Å². The Morgan fingerprint density at radius 1 is 0.833 bits per heavy atom. The standard InChI is InChI=1S/C20H15FN2O/c21-15-10-12-16(13-11-15)23-19(14-6-2-1-3-7-14)22-18-9-5-4-8-17(18)20(23)24/h1-13,19,22H. The van der Waals surface area contributed by atoms with Gasteiger partial charge in [0, 0.05) is 11.4 Å². The van der Waals surface area contributed by atoms with Crippen LogP contribution in [-0.4, -0.2) is 5.91 Å². The Labute approximate surface area is 139 Å². The highest BCUT2D eigenvalue weighted by atomic mass is 19.1. The first kappa shape index (κ1) is 14.5. The predicted molar refractivity (Wildman–Crippen MR) is 92.5 cm³/mol. The van der Waals surface area contributed by atoms with Gasteiger partial charge in [-0.3, -0.25) is 9.69 Å². The SMILES string of the molecule is O=C1c2ccccc2NC(c2ccccc2)N1c1ccc(F)cc1. The van der Waals surface area contributed by atoms with Crippen LogP contribution in [0.15, 0.2) is 78.9 Å². The van der Waals surface area contributed by atoms with Crippen LogP contribution in [0.2, 0.25) is 0 Å². The lowest BCUT2D eigenvalue weighted by Crippen LogP contribution is -2.43. The third-order valence-corrected chi connectivity index (χ3v) is 4.15. The predicted octanol–water partition coefficient (Wildman–Crippen LogP) is 4.60. The summed E-state index contributed by atoms with van der Waals surface area (Å²) in [6.07, 6.45) is -0.348. The van der Waals surface area contributed by atoms with Crippen molar-refractivity contribution >= 4 is 17.3 Å². The quantitative estimate of drug-likeness (QED) is 0.749. The van der Waals surface area contributed by atoms with E-state index in [0.29, 0.717) is 11.3 Å². The molecule has 1 heterocycles. The number of halogens is 1. The molecule has 0 aromatic heterocycles. The Balaban J connectivity index is 1.86. The summed E-state index contributed by atoms with van der Waals surface area (Å²) in [5.74, 6) is -0.433. The van der Waals surface area contributed by atoms with Gasteiger partial charge in [-0.25, -0.2) is 4.39 Å².